The Bertz CT molecular complexity index is 1170. The van der Waals surface area contributed by atoms with E-state index >= 15 is 0 Å². The molecule has 0 N–H and O–H groups in total. The van der Waals surface area contributed by atoms with E-state index in [4.69, 9.17) is 0 Å². The molecule has 2 aromatic heterocycles. The van der Waals surface area contributed by atoms with Crippen LogP contribution in [0, 0.1) is 5.82 Å². The Kier molecular flexibility index (Phi) is 5.25. The molecule has 4 rings (SSSR count). The fraction of sp³-hybridized carbons (Fsp3) is 0.190. The van der Waals surface area contributed by atoms with Crippen LogP contribution in [0.4, 0.5) is 4.39 Å². The number of hydrogen-bond acceptors (Lipinski definition) is 4. The van der Waals surface area contributed by atoms with Crippen LogP contribution in [0.5, 0.6) is 0 Å². The van der Waals surface area contributed by atoms with Crippen molar-refractivity contribution in [1.29, 1.82) is 0 Å². The van der Waals surface area contributed by atoms with Crippen molar-refractivity contribution in [2.24, 2.45) is 7.05 Å². The molecular weight excluding hydrogens is 375 g/mol. The van der Waals surface area contributed by atoms with E-state index in [2.05, 4.69) is 10.1 Å². The van der Waals surface area contributed by atoms with E-state index in [1.807, 2.05) is 36.4 Å². The third-order valence-corrected chi connectivity index (χ3v) is 5.59. The Balaban J connectivity index is 1.67. The first-order chi connectivity index (χ1) is 13.6. The summed E-state index contributed by atoms with van der Waals surface area (Å²) in [6.07, 6.45) is 2.28. The van der Waals surface area contributed by atoms with Crippen LogP contribution in [0.15, 0.2) is 70.7 Å². The summed E-state index contributed by atoms with van der Waals surface area (Å²) in [7, 11) is 1.77. The summed E-state index contributed by atoms with van der Waals surface area (Å²) in [5.41, 5.74) is 2.46. The average Bonchev–Trinajstić information content (AvgIpc) is 3.08. The summed E-state index contributed by atoms with van der Waals surface area (Å²) in [4.78, 5) is 17.7. The van der Waals surface area contributed by atoms with Gasteiger partial charge in [-0.2, -0.15) is 5.10 Å². The summed E-state index contributed by atoms with van der Waals surface area (Å²) in [5.74, 6) is 0.258. The minimum atomic E-state index is -0.269. The lowest BCUT2D eigenvalue weighted by Gasteiger charge is -2.12. The van der Waals surface area contributed by atoms with E-state index in [-0.39, 0.29) is 11.4 Å². The highest BCUT2D eigenvalue weighted by atomic mass is 32.2. The smallest absolute Gasteiger partial charge is 0.265 e. The SMILES string of the molecule is Cn1ncc2c(=O)n(CCc3ccccc3)c(SCc3cccc(F)c3)nc21. The first-order valence-corrected chi connectivity index (χ1v) is 9.94. The molecule has 142 valence electrons. The van der Waals surface area contributed by atoms with Gasteiger partial charge >= 0.3 is 0 Å². The molecule has 2 heterocycles. The number of aromatic nitrogens is 4. The van der Waals surface area contributed by atoms with E-state index in [1.54, 1.807) is 28.6 Å². The van der Waals surface area contributed by atoms with Crippen molar-refractivity contribution in [3.05, 3.63) is 88.1 Å². The highest BCUT2D eigenvalue weighted by Gasteiger charge is 2.15. The monoisotopic (exact) mass is 394 g/mol. The Hall–Kier alpha value is -2.93. The van der Waals surface area contributed by atoms with Gasteiger partial charge in [0, 0.05) is 19.3 Å². The predicted octanol–water partition coefficient (Wildman–Crippen LogP) is 3.80. The molecule has 0 fully saturated rings. The molecule has 0 bridgehead atoms. The second kappa shape index (κ2) is 7.98. The number of halogens is 1. The topological polar surface area (TPSA) is 52.7 Å². The van der Waals surface area contributed by atoms with Gasteiger partial charge in [-0.1, -0.05) is 54.2 Å². The molecule has 0 aliphatic heterocycles. The van der Waals surface area contributed by atoms with Crippen molar-refractivity contribution < 1.29 is 4.39 Å². The summed E-state index contributed by atoms with van der Waals surface area (Å²) < 4.78 is 16.8. The van der Waals surface area contributed by atoms with Crippen molar-refractivity contribution in [2.75, 3.05) is 0 Å². The Morgan fingerprint density at radius 3 is 2.64 bits per heavy atom. The average molecular weight is 394 g/mol. The molecule has 0 aliphatic carbocycles. The normalized spacial score (nSPS) is 11.2. The first-order valence-electron chi connectivity index (χ1n) is 8.95. The molecular formula is C21H19FN4OS. The maximum absolute atomic E-state index is 13.5. The number of benzene rings is 2. The lowest BCUT2D eigenvalue weighted by atomic mass is 10.1. The highest BCUT2D eigenvalue weighted by molar-refractivity contribution is 7.98. The second-order valence-corrected chi connectivity index (χ2v) is 7.45. The Morgan fingerprint density at radius 1 is 1.07 bits per heavy atom. The molecule has 2 aromatic carbocycles. The van der Waals surface area contributed by atoms with Crippen LogP contribution >= 0.6 is 11.8 Å². The van der Waals surface area contributed by atoms with Gasteiger partial charge < -0.3 is 0 Å². The number of hydrogen-bond donors (Lipinski definition) is 0. The van der Waals surface area contributed by atoms with Crippen molar-refractivity contribution in [2.45, 2.75) is 23.9 Å². The van der Waals surface area contributed by atoms with Gasteiger partial charge in [-0.15, -0.1) is 0 Å². The van der Waals surface area contributed by atoms with Gasteiger partial charge in [-0.05, 0) is 29.7 Å². The summed E-state index contributed by atoms with van der Waals surface area (Å²) in [6.45, 7) is 0.520. The molecule has 5 nitrogen and oxygen atoms in total. The van der Waals surface area contributed by atoms with Gasteiger partial charge in [-0.3, -0.25) is 14.0 Å². The Labute approximate surface area is 165 Å². The van der Waals surface area contributed by atoms with Gasteiger partial charge in [0.2, 0.25) is 0 Å². The highest BCUT2D eigenvalue weighted by Crippen LogP contribution is 2.22. The van der Waals surface area contributed by atoms with Crippen LogP contribution < -0.4 is 5.56 Å². The molecule has 0 saturated heterocycles. The predicted molar refractivity (Wildman–Crippen MR) is 109 cm³/mol. The van der Waals surface area contributed by atoms with Gasteiger partial charge in [0.05, 0.1) is 6.20 Å². The Morgan fingerprint density at radius 2 is 1.86 bits per heavy atom. The molecule has 0 aliphatic rings. The molecule has 7 heteroatoms. The lowest BCUT2D eigenvalue weighted by molar-refractivity contribution is 0.592. The fourth-order valence-electron chi connectivity index (χ4n) is 3.07. The van der Waals surface area contributed by atoms with Crippen molar-refractivity contribution in [3.8, 4) is 0 Å². The molecule has 0 radical (unpaired) electrons. The molecule has 0 amide bonds. The standard InChI is InChI=1S/C21H19FN4OS/c1-25-19-18(13-23-25)20(27)26(11-10-15-6-3-2-4-7-15)21(24-19)28-14-16-8-5-9-17(22)12-16/h2-9,12-13H,10-11,14H2,1H3. The van der Waals surface area contributed by atoms with E-state index in [9.17, 15) is 9.18 Å². The molecule has 4 aromatic rings. The maximum Gasteiger partial charge on any atom is 0.265 e. The van der Waals surface area contributed by atoms with Crippen LogP contribution in [0.3, 0.4) is 0 Å². The molecule has 28 heavy (non-hydrogen) atoms. The first kappa shape index (κ1) is 18.4. The summed E-state index contributed by atoms with van der Waals surface area (Å²) >= 11 is 1.43. The quantitative estimate of drug-likeness (QED) is 0.369. The third kappa shape index (κ3) is 3.84. The van der Waals surface area contributed by atoms with Gasteiger partial charge in [-0.25, -0.2) is 9.37 Å². The van der Waals surface area contributed by atoms with Crippen LogP contribution in [0.25, 0.3) is 11.0 Å². The van der Waals surface area contributed by atoms with E-state index in [0.29, 0.717) is 28.5 Å². The van der Waals surface area contributed by atoms with Crippen LogP contribution in [-0.2, 0) is 25.8 Å². The van der Waals surface area contributed by atoms with Crippen LogP contribution in [0.1, 0.15) is 11.1 Å². The fourth-order valence-corrected chi connectivity index (χ4v) is 4.02. The van der Waals surface area contributed by atoms with Crippen LogP contribution in [0.2, 0.25) is 0 Å². The number of rotatable bonds is 6. The second-order valence-electron chi connectivity index (χ2n) is 6.51. The molecule has 0 spiro atoms. The third-order valence-electron chi connectivity index (χ3n) is 4.54. The number of aryl methyl sites for hydroxylation is 2. The van der Waals surface area contributed by atoms with E-state index < -0.39 is 0 Å². The number of nitrogens with zero attached hydrogens (tertiary/aromatic N) is 4. The van der Waals surface area contributed by atoms with Crippen molar-refractivity contribution in [3.63, 3.8) is 0 Å². The summed E-state index contributed by atoms with van der Waals surface area (Å²) in [5, 5.41) is 5.29. The molecule has 0 saturated carbocycles. The van der Waals surface area contributed by atoms with Crippen LogP contribution in [-0.4, -0.2) is 19.3 Å². The zero-order chi connectivity index (χ0) is 19.5. The van der Waals surface area contributed by atoms with Gasteiger partial charge in [0.1, 0.15) is 11.2 Å². The summed E-state index contributed by atoms with van der Waals surface area (Å²) in [6, 6.07) is 16.5. The molecule has 0 unspecified atom stereocenters. The van der Waals surface area contributed by atoms with Crippen molar-refractivity contribution >= 4 is 22.8 Å². The maximum atomic E-state index is 13.5. The molecule has 0 atom stereocenters. The minimum absolute atomic E-state index is 0.101. The number of fused-ring (bicyclic) bond motifs is 1. The van der Waals surface area contributed by atoms with Gasteiger partial charge in [0.15, 0.2) is 10.8 Å². The largest absolute Gasteiger partial charge is 0.287 e. The number of thioether (sulfide) groups is 1. The lowest BCUT2D eigenvalue weighted by Crippen LogP contribution is -2.24. The van der Waals surface area contributed by atoms with Crippen molar-refractivity contribution in [1.82, 2.24) is 19.3 Å². The zero-order valence-electron chi connectivity index (χ0n) is 15.4. The van der Waals surface area contributed by atoms with Gasteiger partial charge in [0.25, 0.3) is 5.56 Å². The van der Waals surface area contributed by atoms with E-state index in [0.717, 1.165) is 17.5 Å². The van der Waals surface area contributed by atoms with E-state index in [1.165, 1.54) is 23.9 Å². The minimum Gasteiger partial charge on any atom is -0.287 e. The zero-order valence-corrected chi connectivity index (χ0v) is 16.2.